The Kier molecular flexibility index (Phi) is 5.12. The lowest BCUT2D eigenvalue weighted by molar-refractivity contribution is -0.00279. The molecule has 6 nitrogen and oxygen atoms in total. The molecule has 2 N–H and O–H groups in total. The number of morpholine rings is 1. The Labute approximate surface area is 163 Å². The van der Waals surface area contributed by atoms with Gasteiger partial charge in [-0.3, -0.25) is 19.8 Å². The number of hydrogen-bond acceptors (Lipinski definition) is 3. The van der Waals surface area contributed by atoms with Crippen LogP contribution in [-0.4, -0.2) is 46.8 Å². The van der Waals surface area contributed by atoms with E-state index in [-0.39, 0.29) is 17.5 Å². The minimum atomic E-state index is -0.154. The Morgan fingerprint density at radius 1 is 1.07 bits per heavy atom. The maximum Gasteiger partial charge on any atom is 0.264 e. The molecule has 1 saturated heterocycles. The summed E-state index contributed by atoms with van der Waals surface area (Å²) in [5, 5.41) is 5.39. The molecule has 0 bridgehead atoms. The first-order valence-electron chi connectivity index (χ1n) is 9.53. The molecule has 0 radical (unpaired) electrons. The molecule has 4 rings (SSSR count). The molecule has 3 aromatic rings. The van der Waals surface area contributed by atoms with Crippen molar-refractivity contribution < 1.29 is 9.53 Å². The average Bonchev–Trinajstić information content (AvgIpc) is 3.19. The molecule has 1 aliphatic heterocycles. The number of nitrogens with zero attached hydrogens (tertiary/aromatic N) is 1. The number of carbonyl (C=O) groups is 1. The van der Waals surface area contributed by atoms with Crippen LogP contribution in [0.15, 0.2) is 59.4 Å². The molecule has 0 saturated carbocycles. The average molecular weight is 377 g/mol. The summed E-state index contributed by atoms with van der Waals surface area (Å²) >= 11 is 0. The van der Waals surface area contributed by atoms with Crippen LogP contribution in [0.1, 0.15) is 23.7 Å². The molecular weight excluding hydrogens is 354 g/mol. The van der Waals surface area contributed by atoms with Crippen LogP contribution in [0.4, 0.5) is 0 Å². The van der Waals surface area contributed by atoms with Crippen LogP contribution in [0.2, 0.25) is 0 Å². The normalized spacial score (nSPS) is 16.9. The predicted molar refractivity (Wildman–Crippen MR) is 108 cm³/mol. The highest BCUT2D eigenvalue weighted by Gasteiger charge is 2.26. The van der Waals surface area contributed by atoms with E-state index in [1.807, 2.05) is 53.4 Å². The van der Waals surface area contributed by atoms with Crippen LogP contribution in [0.3, 0.4) is 0 Å². The molecule has 28 heavy (non-hydrogen) atoms. The topological polar surface area (TPSA) is 78.2 Å². The summed E-state index contributed by atoms with van der Waals surface area (Å²) in [6.45, 7) is 3.90. The summed E-state index contributed by atoms with van der Waals surface area (Å²) in [5.41, 5.74) is 4.22. The van der Waals surface area contributed by atoms with Gasteiger partial charge in [0.2, 0.25) is 0 Å². The second-order valence-electron chi connectivity index (χ2n) is 6.97. The second kappa shape index (κ2) is 7.86. The van der Waals surface area contributed by atoms with Gasteiger partial charge in [-0.15, -0.1) is 0 Å². The fourth-order valence-corrected chi connectivity index (χ4v) is 3.59. The SMILES string of the molecule is CC[C@H]1COCCN1C(=O)c1cccc(-c2ccc(-c3cc(=O)[nH][nH]3)cc2)c1. The van der Waals surface area contributed by atoms with Gasteiger partial charge in [-0.2, -0.15) is 0 Å². The van der Waals surface area contributed by atoms with Crippen molar-refractivity contribution >= 4 is 5.91 Å². The lowest BCUT2D eigenvalue weighted by Crippen LogP contribution is -2.48. The van der Waals surface area contributed by atoms with Crippen LogP contribution in [-0.2, 0) is 4.74 Å². The summed E-state index contributed by atoms with van der Waals surface area (Å²) in [6, 6.07) is 17.3. The number of carbonyl (C=O) groups excluding carboxylic acids is 1. The number of aromatic nitrogens is 2. The minimum absolute atomic E-state index is 0.0542. The lowest BCUT2D eigenvalue weighted by atomic mass is 10.00. The second-order valence-corrected chi connectivity index (χ2v) is 6.97. The van der Waals surface area contributed by atoms with Gasteiger partial charge >= 0.3 is 0 Å². The van der Waals surface area contributed by atoms with E-state index in [1.165, 1.54) is 6.07 Å². The van der Waals surface area contributed by atoms with Crippen molar-refractivity contribution in [2.75, 3.05) is 19.8 Å². The van der Waals surface area contributed by atoms with E-state index in [0.717, 1.165) is 28.8 Å². The first-order chi connectivity index (χ1) is 13.7. The molecule has 1 amide bonds. The van der Waals surface area contributed by atoms with Crippen LogP contribution >= 0.6 is 0 Å². The zero-order valence-electron chi connectivity index (χ0n) is 15.8. The Morgan fingerprint density at radius 2 is 1.86 bits per heavy atom. The van der Waals surface area contributed by atoms with Crippen LogP contribution < -0.4 is 5.56 Å². The van der Waals surface area contributed by atoms with Gasteiger partial charge in [-0.25, -0.2) is 0 Å². The molecule has 1 fully saturated rings. The third kappa shape index (κ3) is 3.64. The van der Waals surface area contributed by atoms with Gasteiger partial charge < -0.3 is 9.64 Å². The number of nitrogens with one attached hydrogen (secondary N) is 2. The number of ether oxygens (including phenoxy) is 1. The summed E-state index contributed by atoms with van der Waals surface area (Å²) in [6.07, 6.45) is 0.883. The first-order valence-corrected chi connectivity index (χ1v) is 9.53. The van der Waals surface area contributed by atoms with E-state index in [4.69, 9.17) is 4.74 Å². The molecule has 1 atom stereocenters. The van der Waals surface area contributed by atoms with Crippen LogP contribution in [0.25, 0.3) is 22.4 Å². The number of hydrogen-bond donors (Lipinski definition) is 2. The highest BCUT2D eigenvalue weighted by atomic mass is 16.5. The molecule has 0 aliphatic carbocycles. The highest BCUT2D eigenvalue weighted by Crippen LogP contribution is 2.25. The fourth-order valence-electron chi connectivity index (χ4n) is 3.59. The van der Waals surface area contributed by atoms with E-state index in [9.17, 15) is 9.59 Å². The Bertz CT molecular complexity index is 1020. The van der Waals surface area contributed by atoms with E-state index < -0.39 is 0 Å². The molecule has 0 unspecified atom stereocenters. The zero-order chi connectivity index (χ0) is 19.5. The highest BCUT2D eigenvalue weighted by molar-refractivity contribution is 5.95. The Hall–Kier alpha value is -3.12. The number of benzene rings is 2. The number of amides is 1. The molecule has 0 spiro atoms. The molecule has 2 aromatic carbocycles. The quantitative estimate of drug-likeness (QED) is 0.732. The molecule has 2 heterocycles. The molecule has 1 aromatic heterocycles. The summed E-state index contributed by atoms with van der Waals surface area (Å²) in [7, 11) is 0. The monoisotopic (exact) mass is 377 g/mol. The van der Waals surface area contributed by atoms with Crippen molar-refractivity contribution in [3.8, 4) is 22.4 Å². The van der Waals surface area contributed by atoms with Crippen molar-refractivity contribution in [3.05, 3.63) is 70.5 Å². The molecule has 1 aliphatic rings. The van der Waals surface area contributed by atoms with E-state index in [2.05, 4.69) is 17.1 Å². The van der Waals surface area contributed by atoms with Crippen LogP contribution in [0, 0.1) is 0 Å². The largest absolute Gasteiger partial charge is 0.377 e. The molecule has 6 heteroatoms. The Balaban J connectivity index is 1.58. The third-order valence-corrected chi connectivity index (χ3v) is 5.19. The standard InChI is InChI=1S/C22H23N3O3/c1-2-19-14-28-11-10-25(19)22(27)18-5-3-4-17(12-18)15-6-8-16(9-7-15)20-13-21(26)24-23-20/h3-9,12-13,19H,2,10-11,14H2,1H3,(H2,23,24,26)/t19-/m0/s1. The van der Waals surface area contributed by atoms with Crippen molar-refractivity contribution in [3.63, 3.8) is 0 Å². The van der Waals surface area contributed by atoms with Crippen molar-refractivity contribution in [1.82, 2.24) is 15.1 Å². The maximum absolute atomic E-state index is 13.0. The van der Waals surface area contributed by atoms with Crippen molar-refractivity contribution in [2.45, 2.75) is 19.4 Å². The van der Waals surface area contributed by atoms with Gasteiger partial charge in [-0.05, 0) is 35.2 Å². The lowest BCUT2D eigenvalue weighted by Gasteiger charge is -2.35. The van der Waals surface area contributed by atoms with Gasteiger partial charge in [0.15, 0.2) is 0 Å². The summed E-state index contributed by atoms with van der Waals surface area (Å²) in [4.78, 5) is 26.2. The molecule has 144 valence electrons. The maximum atomic E-state index is 13.0. The summed E-state index contributed by atoms with van der Waals surface area (Å²) in [5.74, 6) is 0.0542. The minimum Gasteiger partial charge on any atom is -0.377 e. The first kappa shape index (κ1) is 18.3. The van der Waals surface area contributed by atoms with Gasteiger partial charge in [0, 0.05) is 18.2 Å². The third-order valence-electron chi connectivity index (χ3n) is 5.19. The van der Waals surface area contributed by atoms with Gasteiger partial charge in [0.1, 0.15) is 0 Å². The van der Waals surface area contributed by atoms with Crippen LogP contribution in [0.5, 0.6) is 0 Å². The Morgan fingerprint density at radius 3 is 2.57 bits per heavy atom. The van der Waals surface area contributed by atoms with Gasteiger partial charge in [0.05, 0.1) is 24.9 Å². The number of aromatic amines is 2. The van der Waals surface area contributed by atoms with E-state index in [1.54, 1.807) is 0 Å². The van der Waals surface area contributed by atoms with Crippen molar-refractivity contribution in [1.29, 1.82) is 0 Å². The zero-order valence-corrected chi connectivity index (χ0v) is 15.8. The number of rotatable bonds is 4. The van der Waals surface area contributed by atoms with E-state index in [0.29, 0.717) is 25.3 Å². The smallest absolute Gasteiger partial charge is 0.264 e. The number of H-pyrrole nitrogens is 2. The van der Waals surface area contributed by atoms with E-state index >= 15 is 0 Å². The fraction of sp³-hybridized carbons (Fsp3) is 0.273. The predicted octanol–water partition coefficient (Wildman–Crippen LogP) is 3.29. The van der Waals surface area contributed by atoms with Gasteiger partial charge in [-0.1, -0.05) is 43.3 Å². The van der Waals surface area contributed by atoms with Crippen molar-refractivity contribution in [2.24, 2.45) is 0 Å². The summed E-state index contributed by atoms with van der Waals surface area (Å²) < 4.78 is 5.51. The van der Waals surface area contributed by atoms with Gasteiger partial charge in [0.25, 0.3) is 11.5 Å². The molecular formula is C22H23N3O3.